The molecular weight excluding hydrogens is 223 g/mol. The van der Waals surface area contributed by atoms with Gasteiger partial charge in [-0.05, 0) is 37.3 Å². The summed E-state index contributed by atoms with van der Waals surface area (Å²) in [7, 11) is 0. The van der Waals surface area contributed by atoms with Crippen molar-refractivity contribution < 1.29 is 4.39 Å². The molecule has 0 spiro atoms. The summed E-state index contributed by atoms with van der Waals surface area (Å²) >= 11 is 1.77. The number of halogens is 1. The van der Waals surface area contributed by atoms with E-state index in [1.54, 1.807) is 23.9 Å². The van der Waals surface area contributed by atoms with Gasteiger partial charge in [0.05, 0.1) is 6.07 Å². The molecule has 2 nitrogen and oxygen atoms in total. The van der Waals surface area contributed by atoms with Crippen LogP contribution in [0.25, 0.3) is 0 Å². The highest BCUT2D eigenvalue weighted by atomic mass is 32.2. The molecule has 0 bridgehead atoms. The van der Waals surface area contributed by atoms with Crippen LogP contribution >= 0.6 is 11.8 Å². The van der Waals surface area contributed by atoms with Gasteiger partial charge in [0.1, 0.15) is 11.4 Å². The number of benzene rings is 1. The molecule has 2 unspecified atom stereocenters. The van der Waals surface area contributed by atoms with Gasteiger partial charge in [0.25, 0.3) is 0 Å². The molecule has 0 aliphatic carbocycles. The third-order valence-electron chi connectivity index (χ3n) is 2.95. The Kier molecular flexibility index (Phi) is 3.06. The number of hydrogen-bond acceptors (Lipinski definition) is 3. The average molecular weight is 236 g/mol. The van der Waals surface area contributed by atoms with Crippen LogP contribution in [-0.2, 0) is 0 Å². The zero-order valence-electron chi connectivity index (χ0n) is 9.03. The molecule has 0 radical (unpaired) electrons. The molecule has 1 aromatic rings. The molecule has 84 valence electrons. The number of hydrogen-bond donors (Lipinski definition) is 1. The Morgan fingerprint density at radius 1 is 1.62 bits per heavy atom. The number of thioether (sulfide) groups is 1. The average Bonchev–Trinajstić information content (AvgIpc) is 2.61. The summed E-state index contributed by atoms with van der Waals surface area (Å²) in [5.74, 6) is 0.688. The molecule has 1 saturated heterocycles. The van der Waals surface area contributed by atoms with E-state index in [0.717, 1.165) is 12.2 Å². The van der Waals surface area contributed by atoms with Gasteiger partial charge in [-0.1, -0.05) is 6.07 Å². The van der Waals surface area contributed by atoms with E-state index >= 15 is 0 Å². The summed E-state index contributed by atoms with van der Waals surface area (Å²) in [4.78, 5) is 0. The molecule has 1 aromatic carbocycles. The van der Waals surface area contributed by atoms with Crippen LogP contribution in [-0.4, -0.2) is 16.5 Å². The highest BCUT2D eigenvalue weighted by Gasteiger charge is 2.41. The van der Waals surface area contributed by atoms with Crippen molar-refractivity contribution in [2.75, 3.05) is 11.1 Å². The molecule has 2 rings (SSSR count). The summed E-state index contributed by atoms with van der Waals surface area (Å²) in [6, 6.07) is 8.60. The number of nitriles is 1. The van der Waals surface area contributed by atoms with Crippen molar-refractivity contribution in [3.05, 3.63) is 30.1 Å². The zero-order valence-corrected chi connectivity index (χ0v) is 9.85. The van der Waals surface area contributed by atoms with E-state index in [2.05, 4.69) is 11.4 Å². The van der Waals surface area contributed by atoms with Crippen LogP contribution in [0.1, 0.15) is 13.3 Å². The zero-order chi connectivity index (χ0) is 11.6. The van der Waals surface area contributed by atoms with Crippen molar-refractivity contribution in [3.8, 4) is 6.07 Å². The van der Waals surface area contributed by atoms with E-state index < -0.39 is 5.54 Å². The predicted molar refractivity (Wildman–Crippen MR) is 64.9 cm³/mol. The van der Waals surface area contributed by atoms with Gasteiger partial charge in [-0.2, -0.15) is 17.0 Å². The summed E-state index contributed by atoms with van der Waals surface area (Å²) in [5.41, 5.74) is 0.120. The van der Waals surface area contributed by atoms with Crippen molar-refractivity contribution in [2.45, 2.75) is 24.1 Å². The van der Waals surface area contributed by atoms with Gasteiger partial charge >= 0.3 is 0 Å². The van der Waals surface area contributed by atoms with E-state index in [1.807, 2.05) is 6.92 Å². The summed E-state index contributed by atoms with van der Waals surface area (Å²) in [6.45, 7) is 2.03. The maximum atomic E-state index is 13.0. The van der Waals surface area contributed by atoms with Crippen molar-refractivity contribution >= 4 is 17.4 Å². The minimum Gasteiger partial charge on any atom is -0.366 e. The molecule has 1 fully saturated rings. The van der Waals surface area contributed by atoms with Crippen molar-refractivity contribution in [1.82, 2.24) is 0 Å². The first-order chi connectivity index (χ1) is 7.66. The third-order valence-corrected chi connectivity index (χ3v) is 4.29. The first-order valence-corrected chi connectivity index (χ1v) is 6.28. The number of nitrogens with zero attached hydrogens (tertiary/aromatic N) is 1. The van der Waals surface area contributed by atoms with E-state index in [1.165, 1.54) is 12.1 Å². The lowest BCUT2D eigenvalue weighted by Crippen LogP contribution is -2.41. The standard InChI is InChI=1S/C12H13FN2S/c1-9-12(8-14,5-6-16-9)15-11-4-2-3-10(13)7-11/h2-4,7,9,15H,5-6H2,1H3. The Bertz CT molecular complexity index is 429. The minimum absolute atomic E-state index is 0.223. The van der Waals surface area contributed by atoms with Gasteiger partial charge in [0.2, 0.25) is 0 Å². The van der Waals surface area contributed by atoms with Gasteiger partial charge in [0.15, 0.2) is 0 Å². The molecule has 0 saturated carbocycles. The first kappa shape index (κ1) is 11.3. The molecular formula is C12H13FN2S. The van der Waals surface area contributed by atoms with Crippen LogP contribution in [0.2, 0.25) is 0 Å². The summed E-state index contributed by atoms with van der Waals surface area (Å²) in [6.07, 6.45) is 0.797. The highest BCUT2D eigenvalue weighted by molar-refractivity contribution is 8.00. The van der Waals surface area contributed by atoms with Crippen LogP contribution in [0.3, 0.4) is 0 Å². The van der Waals surface area contributed by atoms with E-state index in [0.29, 0.717) is 5.69 Å². The normalized spacial score (nSPS) is 28.7. The predicted octanol–water partition coefficient (Wildman–Crippen LogP) is 3.03. The number of rotatable bonds is 2. The summed E-state index contributed by atoms with van der Waals surface area (Å²) < 4.78 is 13.0. The second-order valence-corrected chi connectivity index (χ2v) is 5.43. The van der Waals surface area contributed by atoms with Gasteiger partial charge in [-0.15, -0.1) is 0 Å². The van der Waals surface area contributed by atoms with Crippen molar-refractivity contribution in [2.24, 2.45) is 0 Å². The molecule has 1 heterocycles. The Morgan fingerprint density at radius 3 is 3.00 bits per heavy atom. The van der Waals surface area contributed by atoms with Crippen molar-refractivity contribution in [3.63, 3.8) is 0 Å². The first-order valence-electron chi connectivity index (χ1n) is 5.23. The molecule has 2 atom stereocenters. The maximum Gasteiger partial charge on any atom is 0.137 e. The van der Waals surface area contributed by atoms with Crippen LogP contribution in [0.5, 0.6) is 0 Å². The molecule has 1 N–H and O–H groups in total. The Hall–Kier alpha value is -1.21. The molecule has 1 aliphatic rings. The van der Waals surface area contributed by atoms with E-state index in [-0.39, 0.29) is 11.1 Å². The van der Waals surface area contributed by atoms with Gasteiger partial charge < -0.3 is 5.32 Å². The number of nitrogens with one attached hydrogen (secondary N) is 1. The number of anilines is 1. The Labute approximate surface area is 98.8 Å². The lowest BCUT2D eigenvalue weighted by atomic mass is 9.94. The molecule has 0 aromatic heterocycles. The highest BCUT2D eigenvalue weighted by Crippen LogP contribution is 2.37. The SMILES string of the molecule is CC1SCCC1(C#N)Nc1cccc(F)c1. The Balaban J connectivity index is 2.23. The van der Waals surface area contributed by atoms with Gasteiger partial charge in [0, 0.05) is 10.9 Å². The largest absolute Gasteiger partial charge is 0.366 e. The molecule has 0 amide bonds. The quantitative estimate of drug-likeness (QED) is 0.857. The molecule has 16 heavy (non-hydrogen) atoms. The maximum absolute atomic E-state index is 13.0. The molecule has 4 heteroatoms. The lowest BCUT2D eigenvalue weighted by Gasteiger charge is -2.27. The third kappa shape index (κ3) is 2.00. The second-order valence-electron chi connectivity index (χ2n) is 3.98. The van der Waals surface area contributed by atoms with Gasteiger partial charge in [-0.25, -0.2) is 4.39 Å². The fourth-order valence-corrected chi connectivity index (χ4v) is 3.21. The minimum atomic E-state index is -0.557. The fraction of sp³-hybridized carbons (Fsp3) is 0.417. The smallest absolute Gasteiger partial charge is 0.137 e. The topological polar surface area (TPSA) is 35.8 Å². The van der Waals surface area contributed by atoms with Crippen LogP contribution in [0, 0.1) is 17.1 Å². The van der Waals surface area contributed by atoms with Crippen LogP contribution in [0.4, 0.5) is 10.1 Å². The fourth-order valence-electron chi connectivity index (χ4n) is 1.90. The van der Waals surface area contributed by atoms with Gasteiger partial charge in [-0.3, -0.25) is 0 Å². The van der Waals surface area contributed by atoms with Crippen LogP contribution < -0.4 is 5.32 Å². The van der Waals surface area contributed by atoms with E-state index in [4.69, 9.17) is 0 Å². The molecule has 1 aliphatic heterocycles. The van der Waals surface area contributed by atoms with E-state index in [9.17, 15) is 9.65 Å². The second kappa shape index (κ2) is 4.34. The summed E-state index contributed by atoms with van der Waals surface area (Å²) in [5, 5.41) is 12.7. The Morgan fingerprint density at radius 2 is 2.44 bits per heavy atom. The monoisotopic (exact) mass is 236 g/mol. The lowest BCUT2D eigenvalue weighted by molar-refractivity contribution is 0.589. The van der Waals surface area contributed by atoms with Crippen LogP contribution in [0.15, 0.2) is 24.3 Å². The van der Waals surface area contributed by atoms with Crippen molar-refractivity contribution in [1.29, 1.82) is 5.26 Å².